The maximum atomic E-state index is 5.58. The molecule has 0 radical (unpaired) electrons. The minimum Gasteiger partial charge on any atom is -0.380 e. The molecule has 0 amide bonds. The summed E-state index contributed by atoms with van der Waals surface area (Å²) in [7, 11) is 0. The first-order valence-corrected chi connectivity index (χ1v) is 3.45. The molecule has 0 aliphatic heterocycles. The maximum Gasteiger partial charge on any atom is 0.172 e. The average Bonchev–Trinajstić information content (AvgIpc) is 2.57. The predicted octanol–water partition coefficient (Wildman–Crippen LogP) is 0.244. The van der Waals surface area contributed by atoms with Crippen molar-refractivity contribution >= 4 is 5.82 Å². The highest BCUT2D eigenvalue weighted by atomic mass is 15.3. The Morgan fingerprint density at radius 3 is 2.92 bits per heavy atom. The largest absolute Gasteiger partial charge is 0.380 e. The van der Waals surface area contributed by atoms with Gasteiger partial charge in [0.1, 0.15) is 5.69 Å². The zero-order valence-corrected chi connectivity index (χ0v) is 6.25. The number of aromatic nitrogens is 4. The molecule has 0 aliphatic rings. The molecule has 0 fully saturated rings. The summed E-state index contributed by atoms with van der Waals surface area (Å²) in [5, 5.41) is 11.4. The molecule has 0 aliphatic carbocycles. The summed E-state index contributed by atoms with van der Waals surface area (Å²) in [5.41, 5.74) is 6.32. The van der Waals surface area contributed by atoms with Gasteiger partial charge in [-0.3, -0.25) is 0 Å². The van der Waals surface area contributed by atoms with Crippen molar-refractivity contribution in [2.24, 2.45) is 0 Å². The first-order chi connectivity index (χ1) is 5.88. The van der Waals surface area contributed by atoms with Gasteiger partial charge in [0.25, 0.3) is 0 Å². The zero-order chi connectivity index (χ0) is 8.39. The van der Waals surface area contributed by atoms with Gasteiger partial charge in [0, 0.05) is 12.4 Å². The monoisotopic (exact) mass is 161 g/mol. The molecule has 0 aromatic carbocycles. The summed E-state index contributed by atoms with van der Waals surface area (Å²) in [6.45, 7) is 0. The van der Waals surface area contributed by atoms with Crippen LogP contribution < -0.4 is 5.73 Å². The number of anilines is 1. The smallest absolute Gasteiger partial charge is 0.172 e. The second-order valence-corrected chi connectivity index (χ2v) is 2.25. The normalized spacial score (nSPS) is 10.0. The lowest BCUT2D eigenvalue weighted by Gasteiger charge is -2.01. The van der Waals surface area contributed by atoms with E-state index in [0.717, 1.165) is 5.69 Å². The Balaban J connectivity index is 2.55. The van der Waals surface area contributed by atoms with Gasteiger partial charge >= 0.3 is 0 Å². The summed E-state index contributed by atoms with van der Waals surface area (Å²) in [4.78, 5) is 0. The van der Waals surface area contributed by atoms with E-state index in [1.165, 1.54) is 0 Å². The third kappa shape index (κ3) is 1.01. The Hall–Kier alpha value is -1.91. The summed E-state index contributed by atoms with van der Waals surface area (Å²) < 4.78 is 1.64. The molecule has 5 heteroatoms. The van der Waals surface area contributed by atoms with Crippen LogP contribution in [0.2, 0.25) is 0 Å². The van der Waals surface area contributed by atoms with E-state index in [2.05, 4.69) is 15.3 Å². The van der Waals surface area contributed by atoms with Crippen LogP contribution in [0.5, 0.6) is 0 Å². The van der Waals surface area contributed by atoms with Crippen LogP contribution in [0, 0.1) is 0 Å². The number of hydrogen-bond donors (Lipinski definition) is 1. The number of rotatable bonds is 1. The van der Waals surface area contributed by atoms with Crippen molar-refractivity contribution < 1.29 is 0 Å². The SMILES string of the molecule is Nc1nnccc1-n1cccn1. The fourth-order valence-electron chi connectivity index (χ4n) is 0.941. The van der Waals surface area contributed by atoms with Crippen LogP contribution >= 0.6 is 0 Å². The molecular formula is C7H7N5. The fraction of sp³-hybridized carbons (Fsp3) is 0. The Bertz CT molecular complexity index is 367. The second kappa shape index (κ2) is 2.61. The first kappa shape index (κ1) is 6.78. The molecule has 0 saturated carbocycles. The van der Waals surface area contributed by atoms with Crippen LogP contribution in [0.3, 0.4) is 0 Å². The second-order valence-electron chi connectivity index (χ2n) is 2.25. The van der Waals surface area contributed by atoms with Gasteiger partial charge in [-0.25, -0.2) is 4.68 Å². The van der Waals surface area contributed by atoms with Crippen LogP contribution in [0.25, 0.3) is 5.69 Å². The third-order valence-electron chi connectivity index (χ3n) is 1.48. The summed E-state index contributed by atoms with van der Waals surface area (Å²) >= 11 is 0. The number of hydrogen-bond acceptors (Lipinski definition) is 4. The minimum atomic E-state index is 0.376. The molecule has 2 heterocycles. The van der Waals surface area contributed by atoms with Gasteiger partial charge in [0.05, 0.1) is 6.20 Å². The Morgan fingerprint density at radius 2 is 2.25 bits per heavy atom. The lowest BCUT2D eigenvalue weighted by molar-refractivity contribution is 0.865. The molecule has 2 aromatic heterocycles. The highest BCUT2D eigenvalue weighted by Gasteiger charge is 2.00. The molecule has 0 bridgehead atoms. The zero-order valence-electron chi connectivity index (χ0n) is 6.25. The molecule has 2 N–H and O–H groups in total. The summed E-state index contributed by atoms with van der Waals surface area (Å²) in [5.74, 6) is 0.376. The molecule has 0 spiro atoms. The van der Waals surface area contributed by atoms with Crippen molar-refractivity contribution in [3.8, 4) is 5.69 Å². The summed E-state index contributed by atoms with van der Waals surface area (Å²) in [6, 6.07) is 3.58. The number of nitrogens with two attached hydrogens (primary N) is 1. The van der Waals surface area contributed by atoms with E-state index in [-0.39, 0.29) is 0 Å². The molecule has 0 atom stereocenters. The van der Waals surface area contributed by atoms with Gasteiger partial charge in [0.15, 0.2) is 5.82 Å². The molecule has 2 rings (SSSR count). The van der Waals surface area contributed by atoms with Gasteiger partial charge in [0.2, 0.25) is 0 Å². The Labute approximate surface area is 68.8 Å². The fourth-order valence-corrected chi connectivity index (χ4v) is 0.941. The topological polar surface area (TPSA) is 69.6 Å². The van der Waals surface area contributed by atoms with Crippen molar-refractivity contribution in [1.82, 2.24) is 20.0 Å². The van der Waals surface area contributed by atoms with E-state index in [4.69, 9.17) is 5.73 Å². The standard InChI is InChI=1S/C7H7N5/c8-7-6(2-4-9-11-7)12-5-1-3-10-12/h1-5H,(H2,8,11). The first-order valence-electron chi connectivity index (χ1n) is 3.45. The van der Waals surface area contributed by atoms with E-state index < -0.39 is 0 Å². The molecule has 12 heavy (non-hydrogen) atoms. The molecular weight excluding hydrogens is 154 g/mol. The molecule has 2 aromatic rings. The highest BCUT2D eigenvalue weighted by molar-refractivity contribution is 5.49. The van der Waals surface area contributed by atoms with E-state index in [0.29, 0.717) is 5.82 Å². The van der Waals surface area contributed by atoms with Crippen molar-refractivity contribution in [2.75, 3.05) is 5.73 Å². The van der Waals surface area contributed by atoms with E-state index in [1.807, 2.05) is 6.07 Å². The minimum absolute atomic E-state index is 0.376. The lowest BCUT2D eigenvalue weighted by atomic mass is 10.4. The Kier molecular flexibility index (Phi) is 1.48. The van der Waals surface area contributed by atoms with Crippen molar-refractivity contribution in [3.05, 3.63) is 30.7 Å². The van der Waals surface area contributed by atoms with Crippen LogP contribution in [0.4, 0.5) is 5.82 Å². The predicted molar refractivity (Wildman–Crippen MR) is 43.6 cm³/mol. The Morgan fingerprint density at radius 1 is 1.33 bits per heavy atom. The van der Waals surface area contributed by atoms with Crippen LogP contribution in [-0.2, 0) is 0 Å². The van der Waals surface area contributed by atoms with Gasteiger partial charge < -0.3 is 5.73 Å². The van der Waals surface area contributed by atoms with E-state index in [9.17, 15) is 0 Å². The van der Waals surface area contributed by atoms with Crippen LogP contribution in [-0.4, -0.2) is 20.0 Å². The number of nitrogens with zero attached hydrogens (tertiary/aromatic N) is 4. The lowest BCUT2D eigenvalue weighted by Crippen LogP contribution is -2.02. The van der Waals surface area contributed by atoms with Gasteiger partial charge in [-0.05, 0) is 12.1 Å². The third-order valence-corrected chi connectivity index (χ3v) is 1.48. The average molecular weight is 161 g/mol. The summed E-state index contributed by atoms with van der Waals surface area (Å²) in [6.07, 6.45) is 5.06. The maximum absolute atomic E-state index is 5.58. The van der Waals surface area contributed by atoms with Crippen LogP contribution in [0.1, 0.15) is 0 Å². The van der Waals surface area contributed by atoms with Crippen molar-refractivity contribution in [2.45, 2.75) is 0 Å². The van der Waals surface area contributed by atoms with Crippen molar-refractivity contribution in [3.63, 3.8) is 0 Å². The van der Waals surface area contributed by atoms with Gasteiger partial charge in [-0.15, -0.1) is 5.10 Å². The molecule has 0 unspecified atom stereocenters. The molecule has 60 valence electrons. The van der Waals surface area contributed by atoms with E-state index >= 15 is 0 Å². The highest BCUT2D eigenvalue weighted by Crippen LogP contribution is 2.09. The van der Waals surface area contributed by atoms with Gasteiger partial charge in [-0.1, -0.05) is 0 Å². The van der Waals surface area contributed by atoms with Crippen LogP contribution in [0.15, 0.2) is 30.7 Å². The molecule has 0 saturated heterocycles. The van der Waals surface area contributed by atoms with Crippen molar-refractivity contribution in [1.29, 1.82) is 0 Å². The van der Waals surface area contributed by atoms with E-state index in [1.54, 1.807) is 29.3 Å². The quantitative estimate of drug-likeness (QED) is 0.650. The van der Waals surface area contributed by atoms with Gasteiger partial charge in [-0.2, -0.15) is 10.2 Å². The number of nitrogen functional groups attached to an aromatic ring is 1. The molecule has 5 nitrogen and oxygen atoms in total.